The lowest BCUT2D eigenvalue weighted by Gasteiger charge is -2.17. The van der Waals surface area contributed by atoms with E-state index in [0.29, 0.717) is 10.9 Å². The van der Waals surface area contributed by atoms with Gasteiger partial charge in [-0.1, -0.05) is 42.5 Å². The first-order valence-electron chi connectivity index (χ1n) is 8.08. The molecular weight excluding hydrogens is 318 g/mol. The number of benzene rings is 2. The second kappa shape index (κ2) is 7.72. The molecule has 6 heteroatoms. The van der Waals surface area contributed by atoms with Crippen molar-refractivity contribution in [3.8, 4) is 0 Å². The Hall–Kier alpha value is -2.99. The topological polar surface area (TPSA) is 84.2 Å². The molecule has 0 saturated carbocycles. The van der Waals surface area contributed by atoms with Crippen LogP contribution in [-0.2, 0) is 11.3 Å². The minimum Gasteiger partial charge on any atom is -0.394 e. The van der Waals surface area contributed by atoms with Crippen LogP contribution in [0.15, 0.2) is 65.7 Å². The van der Waals surface area contributed by atoms with Crippen molar-refractivity contribution in [1.82, 2.24) is 14.9 Å². The largest absolute Gasteiger partial charge is 0.394 e. The van der Waals surface area contributed by atoms with Crippen LogP contribution in [0.4, 0.5) is 0 Å². The van der Waals surface area contributed by atoms with E-state index in [1.165, 1.54) is 10.9 Å². The molecule has 2 aromatic carbocycles. The maximum Gasteiger partial charge on any atom is 0.261 e. The molecule has 1 amide bonds. The van der Waals surface area contributed by atoms with Gasteiger partial charge in [-0.15, -0.1) is 0 Å². The maximum absolute atomic E-state index is 12.4. The number of aromatic nitrogens is 2. The Morgan fingerprint density at radius 2 is 1.84 bits per heavy atom. The molecule has 0 spiro atoms. The molecule has 0 radical (unpaired) electrons. The van der Waals surface area contributed by atoms with Crippen LogP contribution in [0.5, 0.6) is 0 Å². The summed E-state index contributed by atoms with van der Waals surface area (Å²) in [5.41, 5.74) is 1.31. The molecule has 1 aromatic heterocycles. The Kier molecular flexibility index (Phi) is 5.20. The second-order valence-electron chi connectivity index (χ2n) is 5.72. The summed E-state index contributed by atoms with van der Waals surface area (Å²) in [6.45, 7) is 0.0443. The van der Waals surface area contributed by atoms with E-state index in [2.05, 4.69) is 10.3 Å². The molecule has 1 unspecified atom stereocenters. The monoisotopic (exact) mass is 337 g/mol. The van der Waals surface area contributed by atoms with E-state index < -0.39 is 6.04 Å². The lowest BCUT2D eigenvalue weighted by molar-refractivity contribution is -0.122. The third-order valence-corrected chi connectivity index (χ3v) is 4.03. The molecular formula is C19H19N3O3. The Balaban J connectivity index is 1.66. The number of nitrogens with zero attached hydrogens (tertiary/aromatic N) is 2. The average molecular weight is 337 g/mol. The van der Waals surface area contributed by atoms with Crippen molar-refractivity contribution < 1.29 is 9.90 Å². The molecule has 3 aromatic rings. The minimum absolute atomic E-state index is 0.128. The Bertz CT molecular complexity index is 922. The summed E-state index contributed by atoms with van der Waals surface area (Å²) in [6, 6.07) is 15.9. The van der Waals surface area contributed by atoms with E-state index in [-0.39, 0.29) is 31.0 Å². The van der Waals surface area contributed by atoms with Gasteiger partial charge >= 0.3 is 0 Å². The summed E-state index contributed by atoms with van der Waals surface area (Å²) < 4.78 is 1.43. The van der Waals surface area contributed by atoms with Crippen LogP contribution >= 0.6 is 0 Å². The predicted molar refractivity (Wildman–Crippen MR) is 95.0 cm³/mol. The van der Waals surface area contributed by atoms with Gasteiger partial charge in [0, 0.05) is 13.0 Å². The highest BCUT2D eigenvalue weighted by atomic mass is 16.3. The van der Waals surface area contributed by atoms with Crippen molar-refractivity contribution in [3.63, 3.8) is 0 Å². The summed E-state index contributed by atoms with van der Waals surface area (Å²) in [7, 11) is 0. The number of fused-ring (bicyclic) bond motifs is 1. The lowest BCUT2D eigenvalue weighted by atomic mass is 10.1. The number of aliphatic hydroxyl groups excluding tert-OH is 1. The van der Waals surface area contributed by atoms with Crippen molar-refractivity contribution in [2.45, 2.75) is 19.0 Å². The maximum atomic E-state index is 12.4. The zero-order chi connectivity index (χ0) is 17.6. The molecule has 0 aliphatic rings. The van der Waals surface area contributed by atoms with Crippen LogP contribution in [0.25, 0.3) is 10.9 Å². The van der Waals surface area contributed by atoms with E-state index in [9.17, 15) is 14.7 Å². The number of aryl methyl sites for hydroxylation is 1. The van der Waals surface area contributed by atoms with E-state index in [4.69, 9.17) is 0 Å². The fourth-order valence-electron chi connectivity index (χ4n) is 2.67. The number of para-hydroxylation sites is 1. The Morgan fingerprint density at radius 1 is 1.12 bits per heavy atom. The highest BCUT2D eigenvalue weighted by molar-refractivity contribution is 5.77. The van der Waals surface area contributed by atoms with Gasteiger partial charge in [-0.3, -0.25) is 14.2 Å². The lowest BCUT2D eigenvalue weighted by Crippen LogP contribution is -2.32. The smallest absolute Gasteiger partial charge is 0.261 e. The number of amides is 1. The zero-order valence-electron chi connectivity index (χ0n) is 13.6. The predicted octanol–water partition coefficient (Wildman–Crippen LogP) is 1.64. The van der Waals surface area contributed by atoms with Crippen LogP contribution in [0.3, 0.4) is 0 Å². The number of aliphatic hydroxyl groups is 1. The fraction of sp³-hybridized carbons (Fsp3) is 0.211. The molecule has 2 N–H and O–H groups in total. The summed E-state index contributed by atoms with van der Waals surface area (Å²) in [5, 5.41) is 12.8. The molecule has 0 fully saturated rings. The van der Waals surface area contributed by atoms with Crippen LogP contribution in [0.1, 0.15) is 18.0 Å². The summed E-state index contributed by atoms with van der Waals surface area (Å²) in [5.74, 6) is -0.233. The molecule has 128 valence electrons. The number of carbonyl (C=O) groups is 1. The number of hydrogen-bond acceptors (Lipinski definition) is 4. The molecule has 3 rings (SSSR count). The van der Waals surface area contributed by atoms with Crippen molar-refractivity contribution >= 4 is 16.8 Å². The number of carbonyl (C=O) groups excluding carboxylic acids is 1. The van der Waals surface area contributed by atoms with Gasteiger partial charge in [-0.05, 0) is 17.7 Å². The summed E-state index contributed by atoms with van der Waals surface area (Å²) in [4.78, 5) is 28.8. The third-order valence-electron chi connectivity index (χ3n) is 4.03. The molecule has 25 heavy (non-hydrogen) atoms. The number of nitrogens with one attached hydrogen (secondary N) is 1. The number of rotatable bonds is 6. The SMILES string of the molecule is O=C(CCn1cnc2ccccc2c1=O)NC(CO)c1ccccc1. The molecule has 1 atom stereocenters. The van der Waals surface area contributed by atoms with Gasteiger partial charge in [0.15, 0.2) is 0 Å². The van der Waals surface area contributed by atoms with Crippen molar-refractivity contribution in [2.75, 3.05) is 6.61 Å². The van der Waals surface area contributed by atoms with Crippen LogP contribution in [0.2, 0.25) is 0 Å². The van der Waals surface area contributed by atoms with Gasteiger partial charge in [-0.25, -0.2) is 4.98 Å². The van der Waals surface area contributed by atoms with Crippen molar-refractivity contribution in [2.24, 2.45) is 0 Å². The van der Waals surface area contributed by atoms with Crippen molar-refractivity contribution in [3.05, 3.63) is 76.8 Å². The van der Waals surface area contributed by atoms with Crippen LogP contribution in [-0.4, -0.2) is 27.2 Å². The van der Waals surface area contributed by atoms with Gasteiger partial charge in [0.25, 0.3) is 5.56 Å². The van der Waals surface area contributed by atoms with Gasteiger partial charge in [-0.2, -0.15) is 0 Å². The Labute approximate surface area is 144 Å². The highest BCUT2D eigenvalue weighted by Crippen LogP contribution is 2.11. The minimum atomic E-state index is -0.458. The second-order valence-corrected chi connectivity index (χ2v) is 5.72. The summed E-state index contributed by atoms with van der Waals surface area (Å²) in [6.07, 6.45) is 1.59. The Morgan fingerprint density at radius 3 is 2.60 bits per heavy atom. The zero-order valence-corrected chi connectivity index (χ0v) is 13.6. The van der Waals surface area contributed by atoms with Crippen molar-refractivity contribution in [1.29, 1.82) is 0 Å². The molecule has 0 saturated heterocycles. The molecule has 0 aliphatic heterocycles. The average Bonchev–Trinajstić information content (AvgIpc) is 2.66. The molecule has 0 bridgehead atoms. The first kappa shape index (κ1) is 16.9. The van der Waals surface area contributed by atoms with Gasteiger partial charge in [0.2, 0.25) is 5.91 Å². The van der Waals surface area contributed by atoms with E-state index >= 15 is 0 Å². The number of hydrogen-bond donors (Lipinski definition) is 2. The van der Waals surface area contributed by atoms with E-state index in [1.807, 2.05) is 36.4 Å². The third kappa shape index (κ3) is 3.92. The van der Waals surface area contributed by atoms with Crippen LogP contribution in [0, 0.1) is 0 Å². The van der Waals surface area contributed by atoms with Crippen LogP contribution < -0.4 is 10.9 Å². The fourth-order valence-corrected chi connectivity index (χ4v) is 2.67. The molecule has 0 aliphatic carbocycles. The van der Waals surface area contributed by atoms with Gasteiger partial charge in [0.1, 0.15) is 0 Å². The quantitative estimate of drug-likeness (QED) is 0.716. The normalized spacial score (nSPS) is 12.0. The summed E-state index contributed by atoms with van der Waals surface area (Å²) >= 11 is 0. The highest BCUT2D eigenvalue weighted by Gasteiger charge is 2.13. The van der Waals surface area contributed by atoms with Gasteiger partial charge in [0.05, 0.1) is 29.9 Å². The van der Waals surface area contributed by atoms with E-state index in [0.717, 1.165) is 5.56 Å². The first-order valence-corrected chi connectivity index (χ1v) is 8.08. The standard InChI is InChI=1S/C19H19N3O3/c23-12-17(14-6-2-1-3-7-14)21-18(24)10-11-22-13-20-16-9-5-4-8-15(16)19(22)25/h1-9,13,17,23H,10-12H2,(H,21,24). The first-order chi connectivity index (χ1) is 12.2. The molecule has 6 nitrogen and oxygen atoms in total. The molecule has 1 heterocycles. The van der Waals surface area contributed by atoms with E-state index in [1.54, 1.807) is 18.2 Å². The van der Waals surface area contributed by atoms with Gasteiger partial charge < -0.3 is 10.4 Å².